The average molecular weight is 432 g/mol. The van der Waals surface area contributed by atoms with Crippen molar-refractivity contribution < 1.29 is 9.18 Å². The Bertz CT molecular complexity index is 1220. The number of aromatic nitrogens is 2. The van der Waals surface area contributed by atoms with Gasteiger partial charge in [-0.05, 0) is 50.1 Å². The van der Waals surface area contributed by atoms with Gasteiger partial charge in [-0.15, -0.1) is 0 Å². The summed E-state index contributed by atoms with van der Waals surface area (Å²) in [4.78, 5) is 39.5. The molecule has 1 N–H and O–H groups in total. The van der Waals surface area contributed by atoms with E-state index in [4.69, 9.17) is 11.6 Å². The Kier molecular flexibility index (Phi) is 6.41. The highest BCUT2D eigenvalue weighted by Gasteiger charge is 2.25. The van der Waals surface area contributed by atoms with Crippen molar-refractivity contribution in [1.82, 2.24) is 14.5 Å². The van der Waals surface area contributed by atoms with E-state index in [1.54, 1.807) is 31.2 Å². The standard InChI is InChI=1S/C22H23ClFN3O3/c1-4-13(3)25-20(28)18(5-2)27-19-9-7-6-8-15(19)21(29)26(22(27)30)14-10-11-17(24)16(23)12-14/h6-13,18H,4-5H2,1-3H3,(H,25,28)/t13-,18-/m1/s1. The summed E-state index contributed by atoms with van der Waals surface area (Å²) in [5.74, 6) is -0.963. The molecule has 0 aliphatic rings. The summed E-state index contributed by atoms with van der Waals surface area (Å²) in [6.07, 6.45) is 1.08. The molecule has 3 rings (SSSR count). The summed E-state index contributed by atoms with van der Waals surface area (Å²) >= 11 is 5.88. The van der Waals surface area contributed by atoms with Crippen LogP contribution in [0.25, 0.3) is 16.6 Å². The number of benzene rings is 2. The number of fused-ring (bicyclic) bond motifs is 1. The Morgan fingerprint density at radius 2 is 1.83 bits per heavy atom. The van der Waals surface area contributed by atoms with Crippen LogP contribution in [0.4, 0.5) is 4.39 Å². The van der Waals surface area contributed by atoms with Gasteiger partial charge >= 0.3 is 5.69 Å². The number of halogens is 2. The maximum atomic E-state index is 13.6. The van der Waals surface area contributed by atoms with E-state index in [0.717, 1.165) is 17.1 Å². The number of hydrogen-bond acceptors (Lipinski definition) is 3. The molecule has 1 amide bonds. The summed E-state index contributed by atoms with van der Waals surface area (Å²) in [5, 5.41) is 2.97. The molecule has 0 fully saturated rings. The van der Waals surface area contributed by atoms with Crippen molar-refractivity contribution >= 4 is 28.4 Å². The summed E-state index contributed by atoms with van der Waals surface area (Å²) in [6, 6.07) is 9.36. The number of rotatable bonds is 6. The lowest BCUT2D eigenvalue weighted by molar-refractivity contribution is -0.125. The van der Waals surface area contributed by atoms with Gasteiger partial charge in [-0.2, -0.15) is 0 Å². The molecule has 0 aliphatic heterocycles. The van der Waals surface area contributed by atoms with Gasteiger partial charge in [0.2, 0.25) is 5.91 Å². The zero-order valence-electron chi connectivity index (χ0n) is 17.0. The van der Waals surface area contributed by atoms with Crippen LogP contribution in [-0.4, -0.2) is 21.1 Å². The molecule has 1 aromatic heterocycles. The Morgan fingerprint density at radius 3 is 2.47 bits per heavy atom. The summed E-state index contributed by atoms with van der Waals surface area (Å²) < 4.78 is 15.9. The topological polar surface area (TPSA) is 73.1 Å². The minimum atomic E-state index is -0.820. The molecule has 0 saturated heterocycles. The van der Waals surface area contributed by atoms with E-state index in [0.29, 0.717) is 11.9 Å². The third kappa shape index (κ3) is 3.89. The second kappa shape index (κ2) is 8.83. The normalized spacial score (nSPS) is 13.2. The fourth-order valence-corrected chi connectivity index (χ4v) is 3.54. The molecule has 1 heterocycles. The molecule has 30 heavy (non-hydrogen) atoms. The van der Waals surface area contributed by atoms with Crippen molar-refractivity contribution in [1.29, 1.82) is 0 Å². The molecule has 2 aromatic carbocycles. The van der Waals surface area contributed by atoms with Crippen LogP contribution in [0, 0.1) is 5.82 Å². The fraction of sp³-hybridized carbons (Fsp3) is 0.318. The highest BCUT2D eigenvalue weighted by atomic mass is 35.5. The second-order valence-corrected chi connectivity index (χ2v) is 7.56. The number of nitrogens with one attached hydrogen (secondary N) is 1. The molecule has 0 radical (unpaired) electrons. The van der Waals surface area contributed by atoms with E-state index >= 15 is 0 Å². The predicted octanol–water partition coefficient (Wildman–Crippen LogP) is 3.81. The van der Waals surface area contributed by atoms with Crippen LogP contribution in [0.15, 0.2) is 52.1 Å². The van der Waals surface area contributed by atoms with Crippen molar-refractivity contribution in [3.05, 3.63) is 74.1 Å². The van der Waals surface area contributed by atoms with Crippen LogP contribution in [0.3, 0.4) is 0 Å². The van der Waals surface area contributed by atoms with E-state index in [2.05, 4.69) is 5.32 Å². The second-order valence-electron chi connectivity index (χ2n) is 7.15. The first kappa shape index (κ1) is 21.8. The molecular formula is C22H23ClFN3O3. The monoisotopic (exact) mass is 431 g/mol. The minimum absolute atomic E-state index is 0.0599. The summed E-state index contributed by atoms with van der Waals surface area (Å²) in [6.45, 7) is 5.63. The van der Waals surface area contributed by atoms with Crippen molar-refractivity contribution in [2.75, 3.05) is 0 Å². The molecule has 158 valence electrons. The SMILES string of the molecule is CC[C@@H](C)NC(=O)[C@@H](CC)n1c(=O)n(-c2ccc(F)c(Cl)c2)c(=O)c2ccccc21. The molecule has 3 aromatic rings. The Balaban J connectivity index is 2.33. The molecule has 0 saturated carbocycles. The van der Waals surface area contributed by atoms with Gasteiger partial charge in [-0.3, -0.25) is 14.2 Å². The Hall–Kier alpha value is -2.93. The van der Waals surface area contributed by atoms with E-state index in [1.807, 2.05) is 13.8 Å². The van der Waals surface area contributed by atoms with Crippen LogP contribution in [-0.2, 0) is 4.79 Å². The first-order valence-corrected chi connectivity index (χ1v) is 10.2. The maximum Gasteiger partial charge on any atom is 0.336 e. The molecule has 0 aliphatic carbocycles. The number of amides is 1. The molecular weight excluding hydrogens is 409 g/mol. The highest BCUT2D eigenvalue weighted by Crippen LogP contribution is 2.20. The first-order valence-electron chi connectivity index (χ1n) is 9.82. The maximum absolute atomic E-state index is 13.6. The van der Waals surface area contributed by atoms with Crippen LogP contribution in [0.2, 0.25) is 5.02 Å². The van der Waals surface area contributed by atoms with E-state index in [1.165, 1.54) is 16.7 Å². The van der Waals surface area contributed by atoms with Gasteiger partial charge in [0.15, 0.2) is 0 Å². The van der Waals surface area contributed by atoms with Gasteiger partial charge in [-0.1, -0.05) is 37.6 Å². The molecule has 0 bridgehead atoms. The van der Waals surface area contributed by atoms with Crippen molar-refractivity contribution in [3.8, 4) is 5.69 Å². The molecule has 0 unspecified atom stereocenters. The first-order chi connectivity index (χ1) is 14.3. The predicted molar refractivity (Wildman–Crippen MR) is 116 cm³/mol. The molecule has 8 heteroatoms. The van der Waals surface area contributed by atoms with Crippen molar-refractivity contribution in [3.63, 3.8) is 0 Å². The lowest BCUT2D eigenvalue weighted by atomic mass is 10.1. The minimum Gasteiger partial charge on any atom is -0.352 e. The largest absolute Gasteiger partial charge is 0.352 e. The van der Waals surface area contributed by atoms with E-state index < -0.39 is 23.1 Å². The summed E-state index contributed by atoms with van der Waals surface area (Å²) in [5.41, 5.74) is -0.754. The smallest absolute Gasteiger partial charge is 0.336 e. The van der Waals surface area contributed by atoms with Gasteiger partial charge in [0, 0.05) is 6.04 Å². The van der Waals surface area contributed by atoms with Crippen LogP contribution in [0.5, 0.6) is 0 Å². The quantitative estimate of drug-likeness (QED) is 0.645. The number of para-hydroxylation sites is 1. The number of carbonyl (C=O) groups is 1. The third-order valence-corrected chi connectivity index (χ3v) is 5.45. The highest BCUT2D eigenvalue weighted by molar-refractivity contribution is 6.30. The number of hydrogen-bond donors (Lipinski definition) is 1. The fourth-order valence-electron chi connectivity index (χ4n) is 3.36. The van der Waals surface area contributed by atoms with E-state index in [9.17, 15) is 18.8 Å². The number of carbonyl (C=O) groups excluding carboxylic acids is 1. The van der Waals surface area contributed by atoms with Crippen LogP contribution in [0.1, 0.15) is 39.7 Å². The van der Waals surface area contributed by atoms with Crippen LogP contribution >= 0.6 is 11.6 Å². The van der Waals surface area contributed by atoms with Crippen molar-refractivity contribution in [2.24, 2.45) is 0 Å². The molecule has 0 spiro atoms. The van der Waals surface area contributed by atoms with Gasteiger partial charge in [0.05, 0.1) is 21.6 Å². The third-order valence-electron chi connectivity index (χ3n) is 5.16. The zero-order valence-corrected chi connectivity index (χ0v) is 17.7. The van der Waals surface area contributed by atoms with Gasteiger partial charge in [0.25, 0.3) is 5.56 Å². The summed E-state index contributed by atoms with van der Waals surface area (Å²) in [7, 11) is 0. The van der Waals surface area contributed by atoms with Gasteiger partial charge in [0.1, 0.15) is 11.9 Å². The van der Waals surface area contributed by atoms with E-state index in [-0.39, 0.29) is 28.0 Å². The lowest BCUT2D eigenvalue weighted by Gasteiger charge is -2.23. The van der Waals surface area contributed by atoms with Crippen molar-refractivity contribution in [2.45, 2.75) is 45.7 Å². The average Bonchev–Trinajstić information content (AvgIpc) is 2.73. The van der Waals surface area contributed by atoms with Crippen LogP contribution < -0.4 is 16.6 Å². The lowest BCUT2D eigenvalue weighted by Crippen LogP contribution is -2.45. The Morgan fingerprint density at radius 1 is 1.13 bits per heavy atom. The zero-order chi connectivity index (χ0) is 22.0. The number of nitrogens with zero attached hydrogens (tertiary/aromatic N) is 2. The Labute approximate surface area is 177 Å². The molecule has 2 atom stereocenters. The molecule has 6 nitrogen and oxygen atoms in total. The van der Waals surface area contributed by atoms with Gasteiger partial charge < -0.3 is 5.32 Å². The van der Waals surface area contributed by atoms with Gasteiger partial charge in [-0.25, -0.2) is 13.8 Å².